The largest absolute Gasteiger partial charge is 0.463 e. The standard InChI is InChI=1S/C10H15N3O2/c1-3-15-10(14)8-6-7(2)4-5-9(8)12-13-11/h6-7,9H,3-5H2,1-2H3/t7-,9+/m1/s1. The molecule has 0 amide bonds. The van der Waals surface area contributed by atoms with E-state index in [1.165, 1.54) is 0 Å². The van der Waals surface area contributed by atoms with Gasteiger partial charge in [0.15, 0.2) is 0 Å². The fraction of sp³-hybridized carbons (Fsp3) is 0.700. The van der Waals surface area contributed by atoms with Gasteiger partial charge in [0.2, 0.25) is 0 Å². The maximum absolute atomic E-state index is 11.6. The molecule has 1 rings (SSSR count). The van der Waals surface area contributed by atoms with Gasteiger partial charge >= 0.3 is 5.97 Å². The topological polar surface area (TPSA) is 75.1 Å². The van der Waals surface area contributed by atoms with Gasteiger partial charge < -0.3 is 4.74 Å². The van der Waals surface area contributed by atoms with Crippen LogP contribution in [0.2, 0.25) is 0 Å². The van der Waals surface area contributed by atoms with E-state index in [9.17, 15) is 4.79 Å². The quantitative estimate of drug-likeness (QED) is 0.310. The Bertz CT molecular complexity index is 319. The number of carbonyl (C=O) groups is 1. The van der Waals surface area contributed by atoms with Crippen molar-refractivity contribution >= 4 is 5.97 Å². The molecule has 0 unspecified atom stereocenters. The molecule has 82 valence electrons. The summed E-state index contributed by atoms with van der Waals surface area (Å²) < 4.78 is 4.92. The van der Waals surface area contributed by atoms with Crippen LogP contribution in [0.3, 0.4) is 0 Å². The van der Waals surface area contributed by atoms with Crippen molar-refractivity contribution < 1.29 is 9.53 Å². The number of hydrogen-bond acceptors (Lipinski definition) is 3. The van der Waals surface area contributed by atoms with Crippen LogP contribution >= 0.6 is 0 Å². The minimum Gasteiger partial charge on any atom is -0.463 e. The number of nitrogens with zero attached hydrogens (tertiary/aromatic N) is 3. The fourth-order valence-electron chi connectivity index (χ4n) is 1.68. The second-order valence-corrected chi connectivity index (χ2v) is 3.62. The van der Waals surface area contributed by atoms with Gasteiger partial charge in [-0.05, 0) is 31.2 Å². The van der Waals surface area contributed by atoms with Gasteiger partial charge in [-0.25, -0.2) is 4.79 Å². The van der Waals surface area contributed by atoms with Gasteiger partial charge in [0.25, 0.3) is 0 Å². The molecule has 2 atom stereocenters. The molecule has 0 N–H and O–H groups in total. The molecule has 0 heterocycles. The summed E-state index contributed by atoms with van der Waals surface area (Å²) in [6.45, 7) is 4.13. The Balaban J connectivity index is 2.86. The van der Waals surface area contributed by atoms with E-state index in [0.29, 0.717) is 18.1 Å². The Hall–Kier alpha value is -1.48. The van der Waals surface area contributed by atoms with Crippen LogP contribution in [0.25, 0.3) is 10.4 Å². The highest BCUT2D eigenvalue weighted by Crippen LogP contribution is 2.26. The average molecular weight is 209 g/mol. The molecule has 0 saturated carbocycles. The smallest absolute Gasteiger partial charge is 0.334 e. The highest BCUT2D eigenvalue weighted by Gasteiger charge is 2.25. The average Bonchev–Trinajstić information content (AvgIpc) is 2.21. The van der Waals surface area contributed by atoms with E-state index in [2.05, 4.69) is 10.0 Å². The van der Waals surface area contributed by atoms with E-state index >= 15 is 0 Å². The third-order valence-corrected chi connectivity index (χ3v) is 2.42. The molecule has 0 saturated heterocycles. The van der Waals surface area contributed by atoms with Crippen molar-refractivity contribution in [2.24, 2.45) is 11.0 Å². The van der Waals surface area contributed by atoms with Crippen molar-refractivity contribution in [3.8, 4) is 0 Å². The molecule has 0 aromatic heterocycles. The van der Waals surface area contributed by atoms with Gasteiger partial charge in [0, 0.05) is 10.5 Å². The van der Waals surface area contributed by atoms with Crippen LogP contribution in [0.4, 0.5) is 0 Å². The summed E-state index contributed by atoms with van der Waals surface area (Å²) in [4.78, 5) is 14.3. The summed E-state index contributed by atoms with van der Waals surface area (Å²) >= 11 is 0. The summed E-state index contributed by atoms with van der Waals surface area (Å²) in [5, 5.41) is 3.61. The zero-order valence-electron chi connectivity index (χ0n) is 9.01. The van der Waals surface area contributed by atoms with Crippen LogP contribution < -0.4 is 0 Å². The van der Waals surface area contributed by atoms with E-state index in [-0.39, 0.29) is 12.0 Å². The molecule has 0 spiro atoms. The van der Waals surface area contributed by atoms with Gasteiger partial charge in [-0.3, -0.25) is 0 Å². The first-order chi connectivity index (χ1) is 7.19. The third kappa shape index (κ3) is 2.99. The van der Waals surface area contributed by atoms with Crippen molar-refractivity contribution in [1.82, 2.24) is 0 Å². The summed E-state index contributed by atoms with van der Waals surface area (Å²) in [6, 6.07) is -0.356. The molecule has 15 heavy (non-hydrogen) atoms. The molecule has 1 aliphatic rings. The minimum atomic E-state index is -0.360. The zero-order chi connectivity index (χ0) is 11.3. The van der Waals surface area contributed by atoms with Crippen molar-refractivity contribution in [1.29, 1.82) is 0 Å². The highest BCUT2D eigenvalue weighted by atomic mass is 16.5. The summed E-state index contributed by atoms with van der Waals surface area (Å²) in [5.41, 5.74) is 8.90. The highest BCUT2D eigenvalue weighted by molar-refractivity contribution is 5.90. The molecule has 5 heteroatoms. The Labute approximate surface area is 88.7 Å². The lowest BCUT2D eigenvalue weighted by molar-refractivity contribution is -0.138. The normalized spacial score (nSPS) is 25.1. The lowest BCUT2D eigenvalue weighted by Crippen LogP contribution is -2.23. The molecule has 0 aromatic rings. The van der Waals surface area contributed by atoms with Gasteiger partial charge in [-0.2, -0.15) is 0 Å². The molecule has 0 bridgehead atoms. The predicted molar refractivity (Wildman–Crippen MR) is 56.0 cm³/mol. The number of allylic oxidation sites excluding steroid dienone is 1. The maximum atomic E-state index is 11.6. The van der Waals surface area contributed by atoms with E-state index in [4.69, 9.17) is 10.3 Å². The predicted octanol–water partition coefficient (Wildman–Crippen LogP) is 2.58. The van der Waals surface area contributed by atoms with Crippen molar-refractivity contribution in [3.05, 3.63) is 22.1 Å². The van der Waals surface area contributed by atoms with Crippen LogP contribution in [-0.2, 0) is 9.53 Å². The first kappa shape index (κ1) is 11.6. The Morgan fingerprint density at radius 3 is 3.07 bits per heavy atom. The second-order valence-electron chi connectivity index (χ2n) is 3.62. The van der Waals surface area contributed by atoms with Gasteiger partial charge in [0.1, 0.15) is 0 Å². The van der Waals surface area contributed by atoms with Crippen LogP contribution in [0.1, 0.15) is 26.7 Å². The minimum absolute atomic E-state index is 0.341. The number of azide groups is 1. The van der Waals surface area contributed by atoms with Gasteiger partial charge in [-0.15, -0.1) is 0 Å². The Morgan fingerprint density at radius 2 is 2.47 bits per heavy atom. The molecule has 5 nitrogen and oxygen atoms in total. The molecular weight excluding hydrogens is 194 g/mol. The monoisotopic (exact) mass is 209 g/mol. The first-order valence-electron chi connectivity index (χ1n) is 5.12. The lowest BCUT2D eigenvalue weighted by Gasteiger charge is -2.22. The Morgan fingerprint density at radius 1 is 1.73 bits per heavy atom. The van der Waals surface area contributed by atoms with Crippen molar-refractivity contribution in [2.45, 2.75) is 32.7 Å². The second kappa shape index (κ2) is 5.41. The first-order valence-corrected chi connectivity index (χ1v) is 5.12. The van der Waals surface area contributed by atoms with Crippen molar-refractivity contribution in [3.63, 3.8) is 0 Å². The van der Waals surface area contributed by atoms with E-state index in [1.807, 2.05) is 13.0 Å². The van der Waals surface area contributed by atoms with E-state index in [1.54, 1.807) is 6.92 Å². The Kier molecular flexibility index (Phi) is 4.18. The zero-order valence-corrected chi connectivity index (χ0v) is 9.01. The van der Waals surface area contributed by atoms with E-state index in [0.717, 1.165) is 12.8 Å². The number of hydrogen-bond donors (Lipinski definition) is 0. The van der Waals surface area contributed by atoms with Crippen LogP contribution in [0.15, 0.2) is 16.8 Å². The van der Waals surface area contributed by atoms with Crippen molar-refractivity contribution in [2.75, 3.05) is 6.61 Å². The molecule has 0 aromatic carbocycles. The van der Waals surface area contributed by atoms with Crippen LogP contribution in [0.5, 0.6) is 0 Å². The number of esters is 1. The third-order valence-electron chi connectivity index (χ3n) is 2.42. The molecule has 0 fully saturated rings. The summed E-state index contributed by atoms with van der Waals surface area (Å²) in [7, 11) is 0. The van der Waals surface area contributed by atoms with Crippen LogP contribution in [0, 0.1) is 5.92 Å². The number of carbonyl (C=O) groups excluding carboxylic acids is 1. The SMILES string of the molecule is CCOC(=O)C1=C[C@H](C)CC[C@@H]1N=[N+]=[N-]. The number of rotatable bonds is 3. The molecule has 0 aliphatic heterocycles. The summed E-state index contributed by atoms with van der Waals surface area (Å²) in [6.07, 6.45) is 3.50. The molecular formula is C10H15N3O2. The van der Waals surface area contributed by atoms with E-state index < -0.39 is 0 Å². The number of ether oxygens (including phenoxy) is 1. The molecule has 1 aliphatic carbocycles. The molecule has 0 radical (unpaired) electrons. The summed E-state index contributed by atoms with van der Waals surface area (Å²) in [5.74, 6) is -0.0176. The lowest BCUT2D eigenvalue weighted by atomic mass is 9.88. The van der Waals surface area contributed by atoms with Crippen LogP contribution in [-0.4, -0.2) is 18.6 Å². The maximum Gasteiger partial charge on any atom is 0.334 e. The fourth-order valence-corrected chi connectivity index (χ4v) is 1.68. The van der Waals surface area contributed by atoms with Gasteiger partial charge in [0.05, 0.1) is 12.6 Å². The van der Waals surface area contributed by atoms with Gasteiger partial charge in [-0.1, -0.05) is 18.1 Å².